The SMILES string of the molecule is CCc1ccccc1OCc1cc(-c2cccc(CN)c2)cc(N2CC3(CCCC3)C2)c1. The highest BCUT2D eigenvalue weighted by atomic mass is 16.5. The fourth-order valence-electron chi connectivity index (χ4n) is 5.47. The van der Waals surface area contributed by atoms with Crippen molar-refractivity contribution in [3.05, 3.63) is 83.4 Å². The number of para-hydroxylation sites is 1. The molecule has 1 aliphatic carbocycles. The van der Waals surface area contributed by atoms with E-state index in [0.29, 0.717) is 18.6 Å². The number of rotatable bonds is 7. The smallest absolute Gasteiger partial charge is 0.122 e. The van der Waals surface area contributed by atoms with Crippen LogP contribution in [0.15, 0.2) is 66.7 Å². The number of nitrogens with zero attached hydrogens (tertiary/aromatic N) is 1. The maximum absolute atomic E-state index is 6.29. The molecule has 0 unspecified atom stereocenters. The lowest BCUT2D eigenvalue weighted by molar-refractivity contribution is 0.222. The number of benzene rings is 3. The van der Waals surface area contributed by atoms with Gasteiger partial charge in [0.2, 0.25) is 0 Å². The molecule has 0 aromatic heterocycles. The molecule has 1 spiro atoms. The Labute approximate surface area is 192 Å². The first-order chi connectivity index (χ1) is 15.7. The minimum Gasteiger partial charge on any atom is -0.489 e. The van der Waals surface area contributed by atoms with Crippen molar-refractivity contribution < 1.29 is 4.74 Å². The lowest BCUT2D eigenvalue weighted by atomic mass is 9.78. The first-order valence-electron chi connectivity index (χ1n) is 12.1. The summed E-state index contributed by atoms with van der Waals surface area (Å²) in [6.07, 6.45) is 6.56. The standard InChI is InChI=1S/C29H34N2O/c1-2-24-9-3-4-11-28(24)32-19-23-15-26(25-10-7-8-22(14-25)18-30)17-27(16-23)31-20-29(21-31)12-5-6-13-29/h3-4,7-11,14-17H,2,5-6,12-13,18-21,30H2,1H3. The fraction of sp³-hybridized carbons (Fsp3) is 0.379. The van der Waals surface area contributed by atoms with Gasteiger partial charge < -0.3 is 15.4 Å². The van der Waals surface area contributed by atoms with E-state index in [-0.39, 0.29) is 0 Å². The second-order valence-electron chi connectivity index (χ2n) is 9.61. The average Bonchev–Trinajstić information content (AvgIpc) is 3.32. The van der Waals surface area contributed by atoms with E-state index in [4.69, 9.17) is 10.5 Å². The van der Waals surface area contributed by atoms with Gasteiger partial charge in [-0.2, -0.15) is 0 Å². The Hall–Kier alpha value is -2.78. The van der Waals surface area contributed by atoms with Crippen molar-refractivity contribution in [3.63, 3.8) is 0 Å². The van der Waals surface area contributed by atoms with Crippen LogP contribution >= 0.6 is 0 Å². The number of aryl methyl sites for hydroxylation is 1. The maximum atomic E-state index is 6.29. The van der Waals surface area contributed by atoms with Crippen LogP contribution in [0.1, 0.15) is 49.3 Å². The van der Waals surface area contributed by atoms with E-state index >= 15 is 0 Å². The first kappa shape index (κ1) is 21.1. The molecule has 3 aromatic rings. The summed E-state index contributed by atoms with van der Waals surface area (Å²) in [5.74, 6) is 0.987. The van der Waals surface area contributed by atoms with E-state index in [9.17, 15) is 0 Å². The highest BCUT2D eigenvalue weighted by Crippen LogP contribution is 2.47. The second-order valence-corrected chi connectivity index (χ2v) is 9.61. The number of anilines is 1. The normalized spacial score (nSPS) is 16.9. The van der Waals surface area contributed by atoms with Crippen LogP contribution in [0.2, 0.25) is 0 Å². The predicted octanol–water partition coefficient (Wildman–Crippen LogP) is 6.33. The van der Waals surface area contributed by atoms with Crippen LogP contribution in [-0.4, -0.2) is 13.1 Å². The Bertz CT molecular complexity index is 1080. The van der Waals surface area contributed by atoms with Crippen LogP contribution in [-0.2, 0) is 19.6 Å². The Kier molecular flexibility index (Phi) is 5.93. The lowest BCUT2D eigenvalue weighted by Crippen LogP contribution is -2.55. The van der Waals surface area contributed by atoms with Crippen molar-refractivity contribution in [3.8, 4) is 16.9 Å². The van der Waals surface area contributed by atoms with Gasteiger partial charge in [-0.25, -0.2) is 0 Å². The van der Waals surface area contributed by atoms with Crippen LogP contribution < -0.4 is 15.4 Å². The molecule has 0 atom stereocenters. The number of ether oxygens (including phenoxy) is 1. The third-order valence-corrected chi connectivity index (χ3v) is 7.30. The number of hydrogen-bond acceptors (Lipinski definition) is 3. The average molecular weight is 427 g/mol. The third kappa shape index (κ3) is 4.27. The molecular formula is C29H34N2O. The van der Waals surface area contributed by atoms with Gasteiger partial charge in [-0.05, 0) is 77.4 Å². The van der Waals surface area contributed by atoms with Gasteiger partial charge in [0.05, 0.1) is 0 Å². The van der Waals surface area contributed by atoms with Gasteiger partial charge >= 0.3 is 0 Å². The summed E-state index contributed by atoms with van der Waals surface area (Å²) in [5.41, 5.74) is 13.9. The molecule has 1 saturated carbocycles. The zero-order valence-electron chi connectivity index (χ0n) is 19.1. The van der Waals surface area contributed by atoms with Crippen molar-refractivity contribution in [1.82, 2.24) is 0 Å². The van der Waals surface area contributed by atoms with E-state index in [1.807, 2.05) is 0 Å². The molecule has 1 saturated heterocycles. The van der Waals surface area contributed by atoms with E-state index in [2.05, 4.69) is 78.6 Å². The van der Waals surface area contributed by atoms with E-state index in [1.54, 1.807) is 0 Å². The monoisotopic (exact) mass is 426 g/mol. The molecule has 3 nitrogen and oxygen atoms in total. The van der Waals surface area contributed by atoms with Crippen molar-refractivity contribution in [2.24, 2.45) is 11.1 Å². The van der Waals surface area contributed by atoms with E-state index in [0.717, 1.165) is 17.7 Å². The van der Waals surface area contributed by atoms with E-state index < -0.39 is 0 Å². The largest absolute Gasteiger partial charge is 0.489 e. The molecule has 2 N–H and O–H groups in total. The van der Waals surface area contributed by atoms with Crippen molar-refractivity contribution >= 4 is 5.69 Å². The molecule has 5 rings (SSSR count). The summed E-state index contributed by atoms with van der Waals surface area (Å²) in [7, 11) is 0. The second kappa shape index (κ2) is 8.99. The van der Waals surface area contributed by atoms with Gasteiger partial charge in [0.25, 0.3) is 0 Å². The maximum Gasteiger partial charge on any atom is 0.122 e. The van der Waals surface area contributed by atoms with Crippen molar-refractivity contribution in [1.29, 1.82) is 0 Å². The van der Waals surface area contributed by atoms with Gasteiger partial charge in [-0.1, -0.05) is 56.2 Å². The van der Waals surface area contributed by atoms with Gasteiger partial charge in [0.1, 0.15) is 12.4 Å². The van der Waals surface area contributed by atoms with E-state index in [1.165, 1.54) is 66.7 Å². The molecule has 2 aliphatic rings. The van der Waals surface area contributed by atoms with Gasteiger partial charge in [-0.15, -0.1) is 0 Å². The Morgan fingerprint density at radius 1 is 0.875 bits per heavy atom. The Morgan fingerprint density at radius 3 is 2.44 bits per heavy atom. The number of nitrogens with two attached hydrogens (primary N) is 1. The summed E-state index contributed by atoms with van der Waals surface area (Å²) in [5, 5.41) is 0. The predicted molar refractivity (Wildman–Crippen MR) is 133 cm³/mol. The first-order valence-corrected chi connectivity index (χ1v) is 12.1. The molecule has 1 heterocycles. The minimum atomic E-state index is 0.561. The molecule has 1 aliphatic heterocycles. The molecule has 3 aromatic carbocycles. The molecule has 3 heteroatoms. The third-order valence-electron chi connectivity index (χ3n) is 7.30. The molecule has 0 bridgehead atoms. The summed E-state index contributed by atoms with van der Waals surface area (Å²) < 4.78 is 6.29. The van der Waals surface area contributed by atoms with Crippen LogP contribution in [0.5, 0.6) is 5.75 Å². The highest BCUT2D eigenvalue weighted by molar-refractivity contribution is 5.71. The molecule has 166 valence electrons. The zero-order chi connectivity index (χ0) is 22.0. The summed E-state index contributed by atoms with van der Waals surface area (Å²) in [4.78, 5) is 2.56. The van der Waals surface area contributed by atoms with Crippen LogP contribution in [0.4, 0.5) is 5.69 Å². The molecular weight excluding hydrogens is 392 g/mol. The Morgan fingerprint density at radius 2 is 1.66 bits per heavy atom. The van der Waals surface area contributed by atoms with Gasteiger partial charge in [0, 0.05) is 30.7 Å². The molecule has 0 radical (unpaired) electrons. The molecule has 32 heavy (non-hydrogen) atoms. The topological polar surface area (TPSA) is 38.5 Å². The lowest BCUT2D eigenvalue weighted by Gasteiger charge is -2.50. The Balaban J connectivity index is 1.43. The molecule has 2 fully saturated rings. The van der Waals surface area contributed by atoms with Crippen molar-refractivity contribution in [2.45, 2.75) is 52.2 Å². The van der Waals surface area contributed by atoms with Gasteiger partial charge in [-0.3, -0.25) is 0 Å². The van der Waals surface area contributed by atoms with Crippen molar-refractivity contribution in [2.75, 3.05) is 18.0 Å². The highest BCUT2D eigenvalue weighted by Gasteiger charge is 2.44. The summed E-state index contributed by atoms with van der Waals surface area (Å²) >= 11 is 0. The summed E-state index contributed by atoms with van der Waals surface area (Å²) in [6.45, 7) is 5.70. The van der Waals surface area contributed by atoms with Crippen LogP contribution in [0.25, 0.3) is 11.1 Å². The summed E-state index contributed by atoms with van der Waals surface area (Å²) in [6, 6.07) is 23.9. The van der Waals surface area contributed by atoms with Crippen LogP contribution in [0, 0.1) is 5.41 Å². The quantitative estimate of drug-likeness (QED) is 0.479. The van der Waals surface area contributed by atoms with Crippen LogP contribution in [0.3, 0.4) is 0 Å². The molecule has 0 amide bonds. The fourth-order valence-corrected chi connectivity index (χ4v) is 5.47. The number of hydrogen-bond donors (Lipinski definition) is 1. The zero-order valence-corrected chi connectivity index (χ0v) is 19.1. The minimum absolute atomic E-state index is 0.561. The van der Waals surface area contributed by atoms with Gasteiger partial charge in [0.15, 0.2) is 0 Å².